The van der Waals surface area contributed by atoms with Gasteiger partial charge >= 0.3 is 0 Å². The average Bonchev–Trinajstić information content (AvgIpc) is 3.60. The number of rotatable bonds is 8. The van der Waals surface area contributed by atoms with E-state index < -0.39 is 7.41 Å². The van der Waals surface area contributed by atoms with Crippen molar-refractivity contribution in [2.45, 2.75) is 104 Å². The van der Waals surface area contributed by atoms with Gasteiger partial charge in [0.05, 0.1) is 0 Å². The first-order chi connectivity index (χ1) is 18.6. The summed E-state index contributed by atoms with van der Waals surface area (Å²) in [5.41, 5.74) is 9.28. The molecule has 0 amide bonds. The van der Waals surface area contributed by atoms with E-state index in [2.05, 4.69) is 129 Å². The van der Waals surface area contributed by atoms with Gasteiger partial charge in [0.15, 0.2) is 5.78 Å². The molecule has 0 bridgehead atoms. The summed E-state index contributed by atoms with van der Waals surface area (Å²) >= 11 is 0. The Morgan fingerprint density at radius 3 is 1.92 bits per heavy atom. The topological polar surface area (TPSA) is 53.8 Å². The second-order valence-corrected chi connectivity index (χ2v) is 12.8. The Morgan fingerprint density at radius 2 is 1.38 bits per heavy atom. The van der Waals surface area contributed by atoms with Gasteiger partial charge in [-0.1, -0.05) is 91.8 Å². The van der Waals surface area contributed by atoms with E-state index in [1.54, 1.807) is 0 Å². The van der Waals surface area contributed by atoms with Crippen LogP contribution in [-0.2, 0) is 4.79 Å². The predicted octanol–water partition coefficient (Wildman–Crippen LogP) is 5.74. The van der Waals surface area contributed by atoms with Crippen molar-refractivity contribution in [1.82, 2.24) is 9.49 Å². The molecule has 7 heteroatoms. The van der Waals surface area contributed by atoms with Crippen molar-refractivity contribution in [3.05, 3.63) is 71.0 Å². The summed E-state index contributed by atoms with van der Waals surface area (Å²) in [6.07, 6.45) is 5.98. The molecule has 1 fully saturated rings. The number of ketones is 1. The number of hydrogen-bond acceptors (Lipinski definition) is 4. The third-order valence-electron chi connectivity index (χ3n) is 8.84. The van der Waals surface area contributed by atoms with Crippen molar-refractivity contribution >= 4 is 18.9 Å². The molecule has 1 aliphatic carbocycles. The summed E-state index contributed by atoms with van der Waals surface area (Å²) in [6, 6.07) is 13.3. The highest BCUT2D eigenvalue weighted by atomic mass is 16.1. The molecule has 2 aromatic carbocycles. The van der Waals surface area contributed by atoms with Crippen LogP contribution in [0, 0.1) is 0 Å². The third kappa shape index (κ3) is 4.85. The Bertz CT molecular complexity index is 1270. The van der Waals surface area contributed by atoms with Crippen LogP contribution in [-0.4, -0.2) is 34.8 Å². The first-order valence-electron chi connectivity index (χ1n) is 15.0. The van der Waals surface area contributed by atoms with Crippen LogP contribution in [0.5, 0.6) is 0 Å². The fourth-order valence-corrected chi connectivity index (χ4v) is 6.70. The van der Waals surface area contributed by atoms with Gasteiger partial charge in [0.25, 0.3) is 0 Å². The number of imidazole rings is 1. The van der Waals surface area contributed by atoms with Crippen LogP contribution < -0.4 is 10.3 Å². The summed E-state index contributed by atoms with van der Waals surface area (Å²) in [6.45, 7) is 18.3. The third-order valence-corrected chi connectivity index (χ3v) is 8.84. The minimum Gasteiger partial charge on any atom is -0.437 e. The van der Waals surface area contributed by atoms with Crippen LogP contribution in [0.15, 0.2) is 59.1 Å². The van der Waals surface area contributed by atoms with Gasteiger partial charge in [-0.15, -0.1) is 5.22 Å². The standard InChI is InChI=1S/C32H44BN5O/c1-19(2)23-11-9-12-24(20(3)4)30(23)36-17-18-37(31-25(21(5)6)13-10-14-26(31)22(7)8)32(36)33-38-27-15-16-28(39)29(27)34-35-38/h9-14,17-22,27,29H,15-16,33H2,1-8H3/t27-,29-/m1/s1. The fourth-order valence-electron chi connectivity index (χ4n) is 6.70. The maximum absolute atomic E-state index is 12.5. The minimum atomic E-state index is -0.956. The molecule has 0 N–H and O–H groups in total. The first-order valence-corrected chi connectivity index (χ1v) is 15.0. The van der Waals surface area contributed by atoms with Crippen LogP contribution in [0.1, 0.15) is 114 Å². The van der Waals surface area contributed by atoms with Gasteiger partial charge in [-0.05, 0) is 30.1 Å². The predicted molar refractivity (Wildman–Crippen MR) is 160 cm³/mol. The largest absolute Gasteiger partial charge is 0.437 e. The number of hydrogen-bond donors (Lipinski definition) is 0. The molecule has 2 aliphatic rings. The molecule has 206 valence electrons. The quantitative estimate of drug-likeness (QED) is 0.278. The minimum absolute atomic E-state index is 0.101. The number of nitrogens with zero attached hydrogens (tertiary/aromatic N) is 5. The zero-order chi connectivity index (χ0) is 28.0. The lowest BCUT2D eigenvalue weighted by molar-refractivity contribution is -0.577. The lowest BCUT2D eigenvalue weighted by Gasteiger charge is -2.28. The van der Waals surface area contributed by atoms with E-state index >= 15 is 0 Å². The molecule has 0 unspecified atom stereocenters. The molecular formula is C32H44BN5O. The van der Waals surface area contributed by atoms with Crippen LogP contribution >= 0.6 is 0 Å². The van der Waals surface area contributed by atoms with Crippen molar-refractivity contribution in [2.75, 3.05) is 0 Å². The number of Topliss-reactive ketones (excluding diaryl/α,β-unsaturated/α-hetero) is 1. The maximum atomic E-state index is 12.5. The molecule has 1 aromatic heterocycles. The van der Waals surface area contributed by atoms with E-state index in [0.29, 0.717) is 30.1 Å². The Balaban J connectivity index is 1.77. The van der Waals surface area contributed by atoms with Crippen LogP contribution in [0.25, 0.3) is 11.4 Å². The molecule has 2 atom stereocenters. The Kier molecular flexibility index (Phi) is 7.54. The Morgan fingerprint density at radius 1 is 0.846 bits per heavy atom. The maximum Gasteiger partial charge on any atom is 0.203 e. The van der Waals surface area contributed by atoms with Crippen LogP contribution in [0.2, 0.25) is 0 Å². The summed E-state index contributed by atoms with van der Waals surface area (Å²) in [4.78, 5) is 14.7. The van der Waals surface area contributed by atoms with Gasteiger partial charge in [-0.2, -0.15) is 5.11 Å². The molecule has 0 radical (unpaired) electrons. The highest BCUT2D eigenvalue weighted by Gasteiger charge is 2.41. The molecular weight excluding hydrogens is 481 g/mol. The SMILES string of the molecule is CC(C)c1cccc(C(C)C)c1-n1cc[n+](-c2c(C(C)C)cccc2C(C)C)c1[BH2-]N1N=N[C@H]2C(=O)CC[C@H]21. The van der Waals surface area contributed by atoms with Crippen molar-refractivity contribution < 1.29 is 9.36 Å². The molecule has 0 spiro atoms. The molecule has 6 nitrogen and oxygen atoms in total. The average molecular weight is 526 g/mol. The molecule has 0 saturated heterocycles. The zero-order valence-electron chi connectivity index (χ0n) is 25.1. The summed E-state index contributed by atoms with van der Waals surface area (Å²) in [7, 11) is -0.956. The number of carbonyl (C=O) groups is 1. The van der Waals surface area contributed by atoms with Gasteiger partial charge in [0, 0.05) is 34.7 Å². The number of aromatic nitrogens is 2. The van der Waals surface area contributed by atoms with Crippen molar-refractivity contribution in [3.63, 3.8) is 0 Å². The number of benzene rings is 2. The lowest BCUT2D eigenvalue weighted by Crippen LogP contribution is -2.57. The smallest absolute Gasteiger partial charge is 0.203 e. The molecule has 3 aromatic rings. The van der Waals surface area contributed by atoms with Crippen LogP contribution in [0.3, 0.4) is 0 Å². The van der Waals surface area contributed by atoms with Crippen molar-refractivity contribution in [3.8, 4) is 11.4 Å². The summed E-state index contributed by atoms with van der Waals surface area (Å²) in [5.74, 6) is 1.79. The monoisotopic (exact) mass is 525 g/mol. The molecule has 39 heavy (non-hydrogen) atoms. The van der Waals surface area contributed by atoms with E-state index in [9.17, 15) is 4.79 Å². The van der Waals surface area contributed by atoms with Gasteiger partial charge in [0.1, 0.15) is 35.5 Å². The van der Waals surface area contributed by atoms with E-state index in [0.717, 1.165) is 6.42 Å². The number of carbonyl (C=O) groups excluding carboxylic acids is 1. The van der Waals surface area contributed by atoms with E-state index in [4.69, 9.17) is 0 Å². The normalized spacial score (nSPS) is 19.0. The van der Waals surface area contributed by atoms with Gasteiger partial charge in [-0.25, -0.2) is 9.13 Å². The van der Waals surface area contributed by atoms with Gasteiger partial charge in [-0.3, -0.25) is 4.79 Å². The van der Waals surface area contributed by atoms with Crippen molar-refractivity contribution in [2.24, 2.45) is 10.3 Å². The molecule has 1 aliphatic heterocycles. The lowest BCUT2D eigenvalue weighted by atomic mass is 9.86. The zero-order valence-corrected chi connectivity index (χ0v) is 25.1. The number of fused-ring (bicyclic) bond motifs is 1. The fraction of sp³-hybridized carbons (Fsp3) is 0.500. The highest BCUT2D eigenvalue weighted by Crippen LogP contribution is 2.33. The molecule has 1 saturated carbocycles. The summed E-state index contributed by atoms with van der Waals surface area (Å²) in [5, 5.41) is 9.05. The van der Waals surface area contributed by atoms with Crippen LogP contribution in [0.4, 0.5) is 0 Å². The Hall–Kier alpha value is -3.22. The second kappa shape index (κ2) is 10.7. The van der Waals surface area contributed by atoms with Gasteiger partial charge < -0.3 is 4.92 Å². The van der Waals surface area contributed by atoms with Gasteiger partial charge in [0.2, 0.25) is 7.41 Å². The summed E-state index contributed by atoms with van der Waals surface area (Å²) < 4.78 is 4.90. The number of para-hydroxylation sites is 2. The first kappa shape index (κ1) is 27.4. The molecule has 2 heterocycles. The van der Waals surface area contributed by atoms with E-state index in [-0.39, 0.29) is 17.9 Å². The highest BCUT2D eigenvalue weighted by molar-refractivity contribution is 6.47. The Labute approximate surface area is 234 Å². The van der Waals surface area contributed by atoms with Crippen molar-refractivity contribution in [1.29, 1.82) is 0 Å². The van der Waals surface area contributed by atoms with E-state index in [1.165, 1.54) is 39.4 Å². The van der Waals surface area contributed by atoms with E-state index in [1.807, 2.05) is 0 Å². The molecule has 5 rings (SSSR count). The second-order valence-electron chi connectivity index (χ2n) is 12.8.